The number of piperidine rings is 1. The molecule has 2 heterocycles. The van der Waals surface area contributed by atoms with Crippen LogP contribution in [-0.4, -0.2) is 50.8 Å². The molecule has 5 nitrogen and oxygen atoms in total. The first-order chi connectivity index (χ1) is 9.64. The number of aromatic nitrogens is 3. The number of halogens is 5. The minimum atomic E-state index is -5.89. The van der Waals surface area contributed by atoms with Crippen molar-refractivity contribution in [3.8, 4) is 0 Å². The van der Waals surface area contributed by atoms with Crippen molar-refractivity contribution in [1.29, 1.82) is 0 Å². The summed E-state index contributed by atoms with van der Waals surface area (Å²) in [7, 11) is 1.64. The SMILES string of the molecule is Cn1cnnc1C1CCCN(C(=O)C(F)(F)C(F)(F)F)C1. The van der Waals surface area contributed by atoms with Gasteiger partial charge in [0, 0.05) is 26.1 Å². The van der Waals surface area contributed by atoms with Gasteiger partial charge in [-0.3, -0.25) is 4.79 Å². The normalized spacial score (nSPS) is 20.7. The number of hydrogen-bond donors (Lipinski definition) is 0. The number of nitrogens with zero attached hydrogens (tertiary/aromatic N) is 4. The highest BCUT2D eigenvalue weighted by molar-refractivity contribution is 5.84. The molecule has 118 valence electrons. The first-order valence-electron chi connectivity index (χ1n) is 6.22. The molecule has 1 fully saturated rings. The van der Waals surface area contributed by atoms with Gasteiger partial charge in [0.15, 0.2) is 0 Å². The third kappa shape index (κ3) is 2.84. The van der Waals surface area contributed by atoms with Gasteiger partial charge < -0.3 is 9.47 Å². The fourth-order valence-electron chi connectivity index (χ4n) is 2.35. The highest BCUT2D eigenvalue weighted by atomic mass is 19.4. The van der Waals surface area contributed by atoms with Gasteiger partial charge >= 0.3 is 18.0 Å². The van der Waals surface area contributed by atoms with Crippen LogP contribution in [0.5, 0.6) is 0 Å². The van der Waals surface area contributed by atoms with Crippen LogP contribution < -0.4 is 0 Å². The smallest absolute Gasteiger partial charge is 0.336 e. The van der Waals surface area contributed by atoms with Crippen molar-refractivity contribution < 1.29 is 26.7 Å². The van der Waals surface area contributed by atoms with E-state index in [0.29, 0.717) is 23.6 Å². The van der Waals surface area contributed by atoms with Crippen molar-refractivity contribution in [2.75, 3.05) is 13.1 Å². The second-order valence-corrected chi connectivity index (χ2v) is 4.96. The Labute approximate surface area is 116 Å². The molecule has 1 amide bonds. The number of carbonyl (C=O) groups excluding carboxylic acids is 1. The molecule has 0 saturated carbocycles. The van der Waals surface area contributed by atoms with Gasteiger partial charge in [0.05, 0.1) is 0 Å². The van der Waals surface area contributed by atoms with Crippen LogP contribution in [0.2, 0.25) is 0 Å². The monoisotopic (exact) mass is 312 g/mol. The summed E-state index contributed by atoms with van der Waals surface area (Å²) in [4.78, 5) is 12.0. The van der Waals surface area contributed by atoms with Crippen molar-refractivity contribution >= 4 is 5.91 Å². The van der Waals surface area contributed by atoms with Crippen molar-refractivity contribution in [2.45, 2.75) is 30.9 Å². The molecular weight excluding hydrogens is 299 g/mol. The van der Waals surface area contributed by atoms with Crippen LogP contribution in [0, 0.1) is 0 Å². The van der Waals surface area contributed by atoms with Crippen LogP contribution in [0.3, 0.4) is 0 Å². The molecule has 21 heavy (non-hydrogen) atoms. The number of likely N-dealkylation sites (tertiary alicyclic amines) is 1. The molecule has 1 saturated heterocycles. The molecule has 1 atom stereocenters. The Balaban J connectivity index is 2.15. The summed E-state index contributed by atoms with van der Waals surface area (Å²) in [5.41, 5.74) is 0. The Morgan fingerprint density at radius 1 is 1.33 bits per heavy atom. The van der Waals surface area contributed by atoms with Crippen LogP contribution in [0.1, 0.15) is 24.6 Å². The molecule has 2 rings (SSSR count). The van der Waals surface area contributed by atoms with Gasteiger partial charge in [-0.25, -0.2) is 0 Å². The van der Waals surface area contributed by atoms with E-state index in [1.807, 2.05) is 0 Å². The molecule has 0 bridgehead atoms. The predicted octanol–water partition coefficient (Wildman–Crippen LogP) is 1.72. The number of amides is 1. The Morgan fingerprint density at radius 3 is 2.52 bits per heavy atom. The molecule has 0 radical (unpaired) electrons. The van der Waals surface area contributed by atoms with Gasteiger partial charge in [0.1, 0.15) is 12.2 Å². The van der Waals surface area contributed by atoms with E-state index >= 15 is 0 Å². The average Bonchev–Trinajstić information content (AvgIpc) is 2.83. The lowest BCUT2D eigenvalue weighted by atomic mass is 9.96. The third-order valence-electron chi connectivity index (χ3n) is 3.44. The van der Waals surface area contributed by atoms with E-state index in [-0.39, 0.29) is 13.1 Å². The lowest BCUT2D eigenvalue weighted by Crippen LogP contribution is -2.54. The summed E-state index contributed by atoms with van der Waals surface area (Å²) in [5.74, 6) is -7.52. The van der Waals surface area contributed by atoms with Crippen LogP contribution in [0.4, 0.5) is 22.0 Å². The van der Waals surface area contributed by atoms with Crippen LogP contribution in [-0.2, 0) is 11.8 Å². The van der Waals surface area contributed by atoms with E-state index in [4.69, 9.17) is 0 Å². The van der Waals surface area contributed by atoms with Crippen molar-refractivity contribution in [1.82, 2.24) is 19.7 Å². The second-order valence-electron chi connectivity index (χ2n) is 4.96. The number of alkyl halides is 5. The zero-order chi connectivity index (χ0) is 15.8. The van der Waals surface area contributed by atoms with E-state index in [1.165, 1.54) is 6.33 Å². The third-order valence-corrected chi connectivity index (χ3v) is 3.44. The molecule has 1 unspecified atom stereocenters. The first-order valence-corrected chi connectivity index (χ1v) is 6.22. The highest BCUT2D eigenvalue weighted by Gasteiger charge is 2.64. The van der Waals surface area contributed by atoms with Crippen molar-refractivity contribution in [3.63, 3.8) is 0 Å². The summed E-state index contributed by atoms with van der Waals surface area (Å²) >= 11 is 0. The molecule has 0 aliphatic carbocycles. The first kappa shape index (κ1) is 15.6. The average molecular weight is 312 g/mol. The Hall–Kier alpha value is -1.74. The highest BCUT2D eigenvalue weighted by Crippen LogP contribution is 2.38. The molecular formula is C11H13F5N4O. The number of rotatable bonds is 2. The maximum absolute atomic E-state index is 13.1. The van der Waals surface area contributed by atoms with Gasteiger partial charge in [-0.15, -0.1) is 10.2 Å². The minimum absolute atomic E-state index is 0.126. The fraction of sp³-hybridized carbons (Fsp3) is 0.727. The molecule has 1 aromatic rings. The van der Waals surface area contributed by atoms with Crippen LogP contribution >= 0.6 is 0 Å². The summed E-state index contributed by atoms with van der Waals surface area (Å²) in [5, 5.41) is 7.45. The zero-order valence-electron chi connectivity index (χ0n) is 11.1. The van der Waals surface area contributed by atoms with Crippen molar-refractivity contribution in [2.24, 2.45) is 7.05 Å². The van der Waals surface area contributed by atoms with Gasteiger partial charge in [0.2, 0.25) is 0 Å². The Bertz CT molecular complexity index is 527. The summed E-state index contributed by atoms with van der Waals surface area (Å²) < 4.78 is 64.5. The van der Waals surface area contributed by atoms with Crippen LogP contribution in [0.15, 0.2) is 6.33 Å². The summed E-state index contributed by atoms with van der Waals surface area (Å²) in [6.45, 7) is -0.351. The maximum Gasteiger partial charge on any atom is 0.463 e. The lowest BCUT2D eigenvalue weighted by Gasteiger charge is -2.34. The predicted molar refractivity (Wildman–Crippen MR) is 60.6 cm³/mol. The summed E-state index contributed by atoms with van der Waals surface area (Å²) in [6.07, 6.45) is -3.60. The molecule has 1 aromatic heterocycles. The molecule has 0 spiro atoms. The maximum atomic E-state index is 13.1. The van der Waals surface area contributed by atoms with Gasteiger partial charge in [-0.05, 0) is 12.8 Å². The van der Waals surface area contributed by atoms with E-state index < -0.39 is 23.9 Å². The molecule has 0 aromatic carbocycles. The fourth-order valence-corrected chi connectivity index (χ4v) is 2.35. The standard InChI is InChI=1S/C11H13F5N4O/c1-19-6-17-18-8(19)7-3-2-4-20(5-7)9(21)10(12,13)11(14,15)16/h6-7H,2-5H2,1H3. The minimum Gasteiger partial charge on any atom is -0.336 e. The second kappa shape index (κ2) is 5.23. The molecule has 1 aliphatic rings. The van der Waals surface area contributed by atoms with E-state index in [2.05, 4.69) is 10.2 Å². The van der Waals surface area contributed by atoms with Crippen molar-refractivity contribution in [3.05, 3.63) is 12.2 Å². The number of carbonyl (C=O) groups is 1. The molecule has 1 aliphatic heterocycles. The number of aryl methyl sites for hydroxylation is 1. The van der Waals surface area contributed by atoms with E-state index in [1.54, 1.807) is 11.6 Å². The Morgan fingerprint density at radius 2 is 2.00 bits per heavy atom. The largest absolute Gasteiger partial charge is 0.463 e. The molecule has 0 N–H and O–H groups in total. The molecule has 10 heteroatoms. The summed E-state index contributed by atoms with van der Waals surface area (Å²) in [6, 6.07) is 0. The van der Waals surface area contributed by atoms with Gasteiger partial charge in [0.25, 0.3) is 0 Å². The quantitative estimate of drug-likeness (QED) is 0.781. The van der Waals surface area contributed by atoms with Gasteiger partial charge in [-0.2, -0.15) is 22.0 Å². The lowest BCUT2D eigenvalue weighted by molar-refractivity contribution is -0.274. The van der Waals surface area contributed by atoms with E-state index in [0.717, 1.165) is 0 Å². The topological polar surface area (TPSA) is 51.0 Å². The number of hydrogen-bond acceptors (Lipinski definition) is 3. The Kier molecular flexibility index (Phi) is 3.89. The van der Waals surface area contributed by atoms with E-state index in [9.17, 15) is 26.7 Å². The van der Waals surface area contributed by atoms with Gasteiger partial charge in [-0.1, -0.05) is 0 Å². The van der Waals surface area contributed by atoms with Crippen LogP contribution in [0.25, 0.3) is 0 Å². The zero-order valence-corrected chi connectivity index (χ0v) is 11.1.